The van der Waals surface area contributed by atoms with Crippen LogP contribution in [-0.2, 0) is 0 Å². The zero-order valence-electron chi connectivity index (χ0n) is 11.5. The van der Waals surface area contributed by atoms with Crippen molar-refractivity contribution in [3.05, 3.63) is 58.6 Å². The van der Waals surface area contributed by atoms with Crippen molar-refractivity contribution in [1.29, 1.82) is 0 Å². The summed E-state index contributed by atoms with van der Waals surface area (Å²) >= 11 is 5.22. The molecule has 1 aliphatic rings. The highest BCUT2D eigenvalue weighted by Gasteiger charge is 2.21. The van der Waals surface area contributed by atoms with Crippen molar-refractivity contribution in [3.8, 4) is 5.75 Å². The largest absolute Gasteiger partial charge is 0.495 e. The van der Waals surface area contributed by atoms with Gasteiger partial charge in [-0.25, -0.2) is 0 Å². The van der Waals surface area contributed by atoms with Crippen LogP contribution in [0.2, 0.25) is 0 Å². The Morgan fingerprint density at radius 3 is 2.81 bits per heavy atom. The fraction of sp³-hybridized carbons (Fsp3) is 0.188. The molecular formula is C16H15BrN2OS. The summed E-state index contributed by atoms with van der Waals surface area (Å²) in [5.41, 5.74) is 2.30. The minimum Gasteiger partial charge on any atom is -0.495 e. The summed E-state index contributed by atoms with van der Waals surface area (Å²) in [5, 5.41) is 4.70. The van der Waals surface area contributed by atoms with Gasteiger partial charge in [-0.1, -0.05) is 42.1 Å². The molecule has 3 nitrogen and oxygen atoms in total. The number of nitrogens with zero attached hydrogens (tertiary/aromatic N) is 1. The van der Waals surface area contributed by atoms with Gasteiger partial charge in [0.1, 0.15) is 5.75 Å². The summed E-state index contributed by atoms with van der Waals surface area (Å²) in [6.07, 6.45) is 0. The van der Waals surface area contributed by atoms with Crippen LogP contribution in [0.1, 0.15) is 10.8 Å². The van der Waals surface area contributed by atoms with E-state index >= 15 is 0 Å². The van der Waals surface area contributed by atoms with E-state index in [4.69, 9.17) is 4.74 Å². The maximum Gasteiger partial charge on any atom is 0.161 e. The van der Waals surface area contributed by atoms with Gasteiger partial charge < -0.3 is 10.1 Å². The van der Waals surface area contributed by atoms with Gasteiger partial charge in [-0.15, -0.1) is 0 Å². The minimum absolute atomic E-state index is 0.394. The molecule has 3 rings (SSSR count). The minimum atomic E-state index is 0.394. The van der Waals surface area contributed by atoms with Gasteiger partial charge in [0.15, 0.2) is 5.17 Å². The molecule has 1 unspecified atom stereocenters. The number of halogens is 1. The van der Waals surface area contributed by atoms with Crippen molar-refractivity contribution in [2.45, 2.75) is 5.25 Å². The molecule has 0 aromatic heterocycles. The number of aliphatic imine (C=N–C) groups is 1. The number of hydrogen-bond acceptors (Lipinski definition) is 4. The molecule has 2 aromatic rings. The van der Waals surface area contributed by atoms with Crippen molar-refractivity contribution < 1.29 is 4.74 Å². The summed E-state index contributed by atoms with van der Waals surface area (Å²) < 4.78 is 6.25. The van der Waals surface area contributed by atoms with Crippen LogP contribution in [0, 0.1) is 0 Å². The quantitative estimate of drug-likeness (QED) is 0.857. The summed E-state index contributed by atoms with van der Waals surface area (Å²) in [6.45, 7) is 0.810. The molecule has 1 aliphatic heterocycles. The van der Waals surface area contributed by atoms with E-state index in [1.807, 2.05) is 24.3 Å². The zero-order chi connectivity index (χ0) is 14.7. The van der Waals surface area contributed by atoms with Crippen molar-refractivity contribution in [2.24, 2.45) is 4.99 Å². The molecule has 5 heteroatoms. The lowest BCUT2D eigenvalue weighted by Gasteiger charge is -2.10. The third kappa shape index (κ3) is 3.41. The molecule has 0 radical (unpaired) electrons. The summed E-state index contributed by atoms with van der Waals surface area (Å²) in [7, 11) is 1.66. The number of nitrogens with one attached hydrogen (secondary N) is 1. The van der Waals surface area contributed by atoms with E-state index < -0.39 is 0 Å². The van der Waals surface area contributed by atoms with Gasteiger partial charge in [0.05, 0.1) is 23.4 Å². The molecule has 0 amide bonds. The van der Waals surface area contributed by atoms with Crippen molar-refractivity contribution in [1.82, 2.24) is 0 Å². The first-order chi connectivity index (χ1) is 10.3. The zero-order valence-corrected chi connectivity index (χ0v) is 13.9. The Morgan fingerprint density at radius 1 is 1.24 bits per heavy atom. The molecule has 2 aromatic carbocycles. The highest BCUT2D eigenvalue weighted by molar-refractivity contribution is 9.10. The molecule has 21 heavy (non-hydrogen) atoms. The smallest absolute Gasteiger partial charge is 0.161 e. The van der Waals surface area contributed by atoms with Crippen LogP contribution in [0.3, 0.4) is 0 Å². The van der Waals surface area contributed by atoms with E-state index in [0.29, 0.717) is 5.25 Å². The highest BCUT2D eigenvalue weighted by atomic mass is 79.9. The summed E-state index contributed by atoms with van der Waals surface area (Å²) in [5.74, 6) is 0.809. The van der Waals surface area contributed by atoms with Gasteiger partial charge in [-0.05, 0) is 33.6 Å². The van der Waals surface area contributed by atoms with Gasteiger partial charge >= 0.3 is 0 Å². The Bertz CT molecular complexity index is 661. The summed E-state index contributed by atoms with van der Waals surface area (Å²) in [4.78, 5) is 4.58. The van der Waals surface area contributed by atoms with Crippen LogP contribution >= 0.6 is 27.7 Å². The third-order valence-corrected chi connectivity index (χ3v) is 5.04. The lowest BCUT2D eigenvalue weighted by atomic mass is 10.1. The Kier molecular flexibility index (Phi) is 4.51. The maximum absolute atomic E-state index is 5.31. The number of methoxy groups -OCH3 is 1. The average Bonchev–Trinajstić information content (AvgIpc) is 2.98. The van der Waals surface area contributed by atoms with Crippen molar-refractivity contribution in [3.63, 3.8) is 0 Å². The predicted molar refractivity (Wildman–Crippen MR) is 93.4 cm³/mol. The molecule has 0 fully saturated rings. The van der Waals surface area contributed by atoms with Crippen molar-refractivity contribution in [2.75, 3.05) is 19.0 Å². The first-order valence-corrected chi connectivity index (χ1v) is 8.30. The molecule has 108 valence electrons. The lowest BCUT2D eigenvalue weighted by Crippen LogP contribution is -2.05. The first-order valence-electron chi connectivity index (χ1n) is 6.63. The Balaban J connectivity index is 1.67. The lowest BCUT2D eigenvalue weighted by molar-refractivity contribution is 0.412. The van der Waals surface area contributed by atoms with Crippen LogP contribution in [-0.4, -0.2) is 18.8 Å². The number of benzene rings is 2. The maximum atomic E-state index is 5.31. The number of ether oxygens (including phenoxy) is 1. The molecule has 0 saturated carbocycles. The molecule has 0 aliphatic carbocycles. The molecule has 1 N–H and O–H groups in total. The number of thioether (sulfide) groups is 1. The normalized spacial score (nSPS) is 17.4. The molecule has 0 saturated heterocycles. The SMILES string of the molecule is COc1cc(NC2=NCC(c3ccccc3)S2)ccc1Br. The van der Waals surface area contributed by atoms with Crippen LogP contribution < -0.4 is 10.1 Å². The van der Waals surface area contributed by atoms with E-state index in [0.717, 1.165) is 27.6 Å². The number of anilines is 1. The second-order valence-electron chi connectivity index (χ2n) is 4.64. The Hall–Kier alpha value is -1.46. The molecule has 1 heterocycles. The van der Waals surface area contributed by atoms with E-state index in [2.05, 4.69) is 50.5 Å². The topological polar surface area (TPSA) is 33.6 Å². The van der Waals surface area contributed by atoms with E-state index in [-0.39, 0.29) is 0 Å². The second kappa shape index (κ2) is 6.54. The van der Waals surface area contributed by atoms with E-state index in [1.165, 1.54) is 5.56 Å². The molecule has 1 atom stereocenters. The van der Waals surface area contributed by atoms with E-state index in [9.17, 15) is 0 Å². The summed E-state index contributed by atoms with van der Waals surface area (Å²) in [6, 6.07) is 16.4. The highest BCUT2D eigenvalue weighted by Crippen LogP contribution is 2.36. The average molecular weight is 363 g/mol. The first kappa shape index (κ1) is 14.5. The number of rotatable bonds is 3. The Labute approximate surface area is 136 Å². The second-order valence-corrected chi connectivity index (χ2v) is 6.68. The van der Waals surface area contributed by atoms with Gasteiger partial charge in [-0.2, -0.15) is 0 Å². The van der Waals surface area contributed by atoms with Gasteiger partial charge in [-0.3, -0.25) is 4.99 Å². The van der Waals surface area contributed by atoms with Crippen LogP contribution in [0.15, 0.2) is 58.0 Å². The van der Waals surface area contributed by atoms with E-state index in [1.54, 1.807) is 18.9 Å². The number of hydrogen-bond donors (Lipinski definition) is 1. The Morgan fingerprint density at radius 2 is 2.05 bits per heavy atom. The fourth-order valence-electron chi connectivity index (χ4n) is 2.15. The van der Waals surface area contributed by atoms with Crippen LogP contribution in [0.25, 0.3) is 0 Å². The van der Waals surface area contributed by atoms with Crippen LogP contribution in [0.5, 0.6) is 5.75 Å². The number of amidine groups is 1. The predicted octanol–water partition coefficient (Wildman–Crippen LogP) is 4.71. The van der Waals surface area contributed by atoms with Crippen LogP contribution in [0.4, 0.5) is 5.69 Å². The van der Waals surface area contributed by atoms with Crippen molar-refractivity contribution >= 4 is 38.5 Å². The molecular weight excluding hydrogens is 348 g/mol. The fourth-order valence-corrected chi connectivity index (χ4v) is 3.59. The van der Waals surface area contributed by atoms with Gasteiger partial charge in [0, 0.05) is 11.8 Å². The third-order valence-electron chi connectivity index (χ3n) is 3.23. The van der Waals surface area contributed by atoms with Gasteiger partial charge in [0.2, 0.25) is 0 Å². The molecule has 0 spiro atoms. The molecule has 0 bridgehead atoms. The van der Waals surface area contributed by atoms with Gasteiger partial charge in [0.25, 0.3) is 0 Å². The monoisotopic (exact) mass is 362 g/mol. The standard InChI is InChI=1S/C16H15BrN2OS/c1-20-14-9-12(7-8-13(14)17)19-16-18-10-15(21-16)11-5-3-2-4-6-11/h2-9,15H,10H2,1H3,(H,18,19).